The van der Waals surface area contributed by atoms with E-state index in [0.29, 0.717) is 6.42 Å². The van der Waals surface area contributed by atoms with Gasteiger partial charge in [-0.25, -0.2) is 4.98 Å². The van der Waals surface area contributed by atoms with Crippen molar-refractivity contribution in [2.45, 2.75) is 32.4 Å². The molecule has 1 atom stereocenters. The van der Waals surface area contributed by atoms with Crippen molar-refractivity contribution < 1.29 is 5.11 Å². The number of rotatable bonds is 5. The lowest BCUT2D eigenvalue weighted by molar-refractivity contribution is 0.165. The second kappa shape index (κ2) is 5.14. The minimum atomic E-state index is -0.557. The molecule has 0 aromatic carbocycles. The molecule has 0 amide bonds. The molecule has 0 radical (unpaired) electrons. The van der Waals surface area contributed by atoms with Crippen molar-refractivity contribution >= 4 is 16.3 Å². The Hall–Kier alpha value is -1.66. The summed E-state index contributed by atoms with van der Waals surface area (Å²) in [4.78, 5) is 5.45. The van der Waals surface area contributed by atoms with E-state index in [-0.39, 0.29) is 0 Å². The zero-order chi connectivity index (χ0) is 13.2. The third-order valence-electron chi connectivity index (χ3n) is 3.07. The molecule has 0 saturated heterocycles. The largest absolute Gasteiger partial charge is 0.386 e. The molecular formula is C13H16N4OS. The highest BCUT2D eigenvalue weighted by Crippen LogP contribution is 2.19. The average Bonchev–Trinajstić information content (AvgIpc) is 3.03. The van der Waals surface area contributed by atoms with Crippen LogP contribution in [0, 0.1) is 0 Å². The fourth-order valence-corrected chi connectivity index (χ4v) is 2.92. The summed E-state index contributed by atoms with van der Waals surface area (Å²) in [7, 11) is 0. The van der Waals surface area contributed by atoms with E-state index in [0.717, 1.165) is 29.3 Å². The van der Waals surface area contributed by atoms with Crippen LogP contribution in [0.15, 0.2) is 30.0 Å². The summed E-state index contributed by atoms with van der Waals surface area (Å²) in [6.07, 6.45) is 6.64. The molecule has 0 aliphatic heterocycles. The predicted octanol–water partition coefficient (Wildman–Crippen LogP) is 2.28. The molecular weight excluding hydrogens is 260 g/mol. The Bertz CT molecular complexity index is 640. The van der Waals surface area contributed by atoms with E-state index in [9.17, 15) is 5.11 Å². The normalized spacial score (nSPS) is 13.2. The van der Waals surface area contributed by atoms with Gasteiger partial charge in [0.25, 0.3) is 0 Å². The summed E-state index contributed by atoms with van der Waals surface area (Å²) >= 11 is 1.60. The summed E-state index contributed by atoms with van der Waals surface area (Å²) in [5, 5.41) is 16.6. The summed E-state index contributed by atoms with van der Waals surface area (Å²) in [5.74, 6) is 0. The molecule has 0 spiro atoms. The first kappa shape index (κ1) is 12.4. The van der Waals surface area contributed by atoms with E-state index in [2.05, 4.69) is 17.0 Å². The van der Waals surface area contributed by atoms with Gasteiger partial charge in [0.1, 0.15) is 6.10 Å². The quantitative estimate of drug-likeness (QED) is 0.778. The van der Waals surface area contributed by atoms with Crippen LogP contribution in [0.2, 0.25) is 0 Å². The molecule has 1 unspecified atom stereocenters. The van der Waals surface area contributed by atoms with Crippen molar-refractivity contribution in [2.75, 3.05) is 0 Å². The summed E-state index contributed by atoms with van der Waals surface area (Å²) in [6, 6.07) is 1.87. The molecule has 19 heavy (non-hydrogen) atoms. The summed E-state index contributed by atoms with van der Waals surface area (Å²) in [5.41, 5.74) is 1.77. The van der Waals surface area contributed by atoms with Crippen LogP contribution in [0.5, 0.6) is 0 Å². The van der Waals surface area contributed by atoms with Gasteiger partial charge in [0.15, 0.2) is 4.96 Å². The fourth-order valence-electron chi connectivity index (χ4n) is 2.20. The van der Waals surface area contributed by atoms with Crippen molar-refractivity contribution in [2.24, 2.45) is 0 Å². The minimum Gasteiger partial charge on any atom is -0.386 e. The van der Waals surface area contributed by atoms with Crippen LogP contribution in [-0.4, -0.2) is 24.3 Å². The maximum Gasteiger partial charge on any atom is 0.193 e. The van der Waals surface area contributed by atoms with E-state index in [1.807, 2.05) is 32.9 Å². The van der Waals surface area contributed by atoms with Gasteiger partial charge < -0.3 is 5.11 Å². The molecule has 6 heteroatoms. The lowest BCUT2D eigenvalue weighted by Crippen LogP contribution is -2.11. The van der Waals surface area contributed by atoms with Gasteiger partial charge in [0, 0.05) is 36.9 Å². The van der Waals surface area contributed by atoms with Crippen LogP contribution in [0.1, 0.15) is 30.8 Å². The highest BCUT2D eigenvalue weighted by Gasteiger charge is 2.15. The van der Waals surface area contributed by atoms with Gasteiger partial charge in [-0.1, -0.05) is 6.92 Å². The second-order valence-electron chi connectivity index (χ2n) is 4.52. The van der Waals surface area contributed by atoms with Gasteiger partial charge in [-0.15, -0.1) is 11.3 Å². The molecule has 3 rings (SSSR count). The molecule has 0 fully saturated rings. The van der Waals surface area contributed by atoms with Gasteiger partial charge in [-0.05, 0) is 12.5 Å². The number of hydrogen-bond acceptors (Lipinski definition) is 4. The van der Waals surface area contributed by atoms with E-state index in [4.69, 9.17) is 0 Å². The number of thiazole rings is 1. The molecule has 3 aromatic heterocycles. The van der Waals surface area contributed by atoms with E-state index in [1.165, 1.54) is 0 Å². The first-order chi connectivity index (χ1) is 9.28. The van der Waals surface area contributed by atoms with Crippen molar-refractivity contribution in [3.63, 3.8) is 0 Å². The molecule has 0 bridgehead atoms. The Kier molecular flexibility index (Phi) is 3.35. The van der Waals surface area contributed by atoms with Crippen LogP contribution in [-0.2, 0) is 13.0 Å². The number of aliphatic hydroxyl groups is 1. The molecule has 0 saturated carbocycles. The maximum absolute atomic E-state index is 10.3. The highest BCUT2D eigenvalue weighted by atomic mass is 32.1. The lowest BCUT2D eigenvalue weighted by Gasteiger charge is -2.11. The van der Waals surface area contributed by atoms with Crippen molar-refractivity contribution in [3.05, 3.63) is 41.4 Å². The van der Waals surface area contributed by atoms with Crippen LogP contribution in [0.3, 0.4) is 0 Å². The number of hydrogen-bond donors (Lipinski definition) is 1. The summed E-state index contributed by atoms with van der Waals surface area (Å²) in [6.45, 7) is 2.93. The average molecular weight is 276 g/mol. The highest BCUT2D eigenvalue weighted by molar-refractivity contribution is 7.15. The Morgan fingerprint density at radius 1 is 1.47 bits per heavy atom. The fraction of sp³-hybridized carbons (Fsp3) is 0.385. The third-order valence-corrected chi connectivity index (χ3v) is 3.84. The molecule has 0 aliphatic carbocycles. The van der Waals surface area contributed by atoms with Gasteiger partial charge in [-0.3, -0.25) is 9.08 Å². The zero-order valence-electron chi connectivity index (χ0n) is 10.7. The Labute approximate surface area is 115 Å². The standard InChI is InChI=1S/C13H16N4OS/c1-2-5-17-11(3-4-14-17)12(18)8-10-9-16-6-7-19-13(16)15-10/h3-4,6-7,9,12,18H,2,5,8H2,1H3. The van der Waals surface area contributed by atoms with Crippen molar-refractivity contribution in [1.82, 2.24) is 19.2 Å². The SMILES string of the molecule is CCCn1nccc1C(O)Cc1cn2ccsc2n1. The van der Waals surface area contributed by atoms with Crippen LogP contribution < -0.4 is 0 Å². The van der Waals surface area contributed by atoms with Crippen LogP contribution >= 0.6 is 11.3 Å². The molecule has 100 valence electrons. The second-order valence-corrected chi connectivity index (χ2v) is 5.40. The van der Waals surface area contributed by atoms with Crippen LogP contribution in [0.25, 0.3) is 4.96 Å². The third kappa shape index (κ3) is 2.41. The predicted molar refractivity (Wildman–Crippen MR) is 74.3 cm³/mol. The number of aryl methyl sites for hydroxylation is 1. The number of nitrogens with zero attached hydrogens (tertiary/aromatic N) is 4. The van der Waals surface area contributed by atoms with E-state index < -0.39 is 6.10 Å². The monoisotopic (exact) mass is 276 g/mol. The number of imidazole rings is 1. The van der Waals surface area contributed by atoms with Crippen molar-refractivity contribution in [3.8, 4) is 0 Å². The summed E-state index contributed by atoms with van der Waals surface area (Å²) < 4.78 is 3.85. The minimum absolute atomic E-state index is 0.518. The van der Waals surface area contributed by atoms with E-state index >= 15 is 0 Å². The maximum atomic E-state index is 10.3. The van der Waals surface area contributed by atoms with Crippen LogP contribution in [0.4, 0.5) is 0 Å². The van der Waals surface area contributed by atoms with Gasteiger partial charge in [0.2, 0.25) is 0 Å². The molecule has 3 aromatic rings. The smallest absolute Gasteiger partial charge is 0.193 e. The molecule has 5 nitrogen and oxygen atoms in total. The molecule has 3 heterocycles. The van der Waals surface area contributed by atoms with Gasteiger partial charge in [-0.2, -0.15) is 5.10 Å². The molecule has 1 N–H and O–H groups in total. The van der Waals surface area contributed by atoms with Gasteiger partial charge in [0.05, 0.1) is 11.4 Å². The lowest BCUT2D eigenvalue weighted by atomic mass is 10.1. The Morgan fingerprint density at radius 2 is 2.37 bits per heavy atom. The van der Waals surface area contributed by atoms with Gasteiger partial charge >= 0.3 is 0 Å². The Morgan fingerprint density at radius 3 is 3.16 bits per heavy atom. The van der Waals surface area contributed by atoms with Crippen molar-refractivity contribution in [1.29, 1.82) is 0 Å². The number of aliphatic hydroxyl groups excluding tert-OH is 1. The topological polar surface area (TPSA) is 55.3 Å². The molecule has 0 aliphatic rings. The number of aromatic nitrogens is 4. The first-order valence-electron chi connectivity index (χ1n) is 6.38. The number of fused-ring (bicyclic) bond motifs is 1. The first-order valence-corrected chi connectivity index (χ1v) is 7.26. The Balaban J connectivity index is 1.78. The van der Waals surface area contributed by atoms with E-state index in [1.54, 1.807) is 17.5 Å². The zero-order valence-corrected chi connectivity index (χ0v) is 11.5.